The number of fused-ring (bicyclic) bond motifs is 1. The van der Waals surface area contributed by atoms with Gasteiger partial charge in [-0.05, 0) is 35.6 Å². The fraction of sp³-hybridized carbons (Fsp3) is 0.227. The van der Waals surface area contributed by atoms with Gasteiger partial charge in [-0.2, -0.15) is 0 Å². The molecule has 0 radical (unpaired) electrons. The molecule has 2 aromatic rings. The van der Waals surface area contributed by atoms with Crippen LogP contribution < -0.4 is 0 Å². The third kappa shape index (κ3) is 2.47. The molecule has 1 fully saturated rings. The minimum atomic E-state index is -0.463. The molecule has 1 atom stereocenters. The molecule has 3 nitrogen and oxygen atoms in total. The van der Waals surface area contributed by atoms with Crippen LogP contribution in [-0.4, -0.2) is 29.5 Å². The van der Waals surface area contributed by atoms with Crippen LogP contribution in [-0.2, 0) is 10.2 Å². The number of amides is 1. The van der Waals surface area contributed by atoms with Gasteiger partial charge in [0.05, 0.1) is 5.57 Å². The van der Waals surface area contributed by atoms with E-state index in [-0.39, 0.29) is 11.7 Å². The maximum Gasteiger partial charge on any atom is 0.254 e. The van der Waals surface area contributed by atoms with Crippen LogP contribution in [0.2, 0.25) is 0 Å². The van der Waals surface area contributed by atoms with Crippen LogP contribution in [0.25, 0.3) is 5.57 Å². The summed E-state index contributed by atoms with van der Waals surface area (Å²) in [7, 11) is 1.80. The van der Waals surface area contributed by atoms with Gasteiger partial charge >= 0.3 is 0 Å². The van der Waals surface area contributed by atoms with Crippen LogP contribution >= 0.6 is 0 Å². The molecule has 2 aromatic carbocycles. The molecular weight excluding hydrogens is 310 g/mol. The second-order valence-corrected chi connectivity index (χ2v) is 6.90. The van der Waals surface area contributed by atoms with Gasteiger partial charge in [-0.1, -0.05) is 60.7 Å². The minimum Gasteiger partial charge on any atom is -0.507 e. The lowest BCUT2D eigenvalue weighted by atomic mass is 9.62. The average Bonchev–Trinajstić information content (AvgIpc) is 2.66. The first-order valence-electron chi connectivity index (χ1n) is 8.62. The zero-order chi connectivity index (χ0) is 17.4. The lowest BCUT2D eigenvalue weighted by molar-refractivity contribution is -0.128. The lowest BCUT2D eigenvalue weighted by Gasteiger charge is -2.45. The van der Waals surface area contributed by atoms with Crippen molar-refractivity contribution in [2.45, 2.75) is 18.3 Å². The van der Waals surface area contributed by atoms with E-state index in [9.17, 15) is 9.90 Å². The van der Waals surface area contributed by atoms with Gasteiger partial charge in [0.25, 0.3) is 5.91 Å². The van der Waals surface area contributed by atoms with E-state index >= 15 is 0 Å². The van der Waals surface area contributed by atoms with Gasteiger partial charge in [-0.25, -0.2) is 0 Å². The number of benzene rings is 2. The number of hydrogen-bond donors (Lipinski definition) is 1. The second kappa shape index (κ2) is 5.92. The van der Waals surface area contributed by atoms with E-state index in [4.69, 9.17) is 0 Å². The summed E-state index contributed by atoms with van der Waals surface area (Å²) in [6, 6.07) is 20.2. The topological polar surface area (TPSA) is 40.5 Å². The smallest absolute Gasteiger partial charge is 0.254 e. The summed E-state index contributed by atoms with van der Waals surface area (Å²) in [4.78, 5) is 14.6. The molecular formula is C22H21NO2. The van der Waals surface area contributed by atoms with E-state index in [1.165, 1.54) is 0 Å². The zero-order valence-corrected chi connectivity index (χ0v) is 14.3. The fourth-order valence-corrected chi connectivity index (χ4v) is 4.11. The zero-order valence-electron chi connectivity index (χ0n) is 14.3. The summed E-state index contributed by atoms with van der Waals surface area (Å²) in [5.41, 5.74) is 3.33. The van der Waals surface area contributed by atoms with Crippen molar-refractivity contribution in [2.75, 3.05) is 13.6 Å². The first-order valence-corrected chi connectivity index (χ1v) is 8.62. The summed E-state index contributed by atoms with van der Waals surface area (Å²) in [6.07, 6.45) is 3.30. The first kappa shape index (κ1) is 15.7. The van der Waals surface area contributed by atoms with Gasteiger partial charge in [0.1, 0.15) is 5.76 Å². The van der Waals surface area contributed by atoms with Crippen molar-refractivity contribution in [3.8, 4) is 0 Å². The van der Waals surface area contributed by atoms with Crippen molar-refractivity contribution in [3.63, 3.8) is 0 Å². The number of likely N-dealkylation sites (N-methyl/N-ethyl adjacent to an activating group) is 1. The Morgan fingerprint density at radius 2 is 1.64 bits per heavy atom. The number of carbonyl (C=O) groups excluding carboxylic acids is 1. The number of likely N-dealkylation sites (tertiary alicyclic amines) is 1. The Bertz CT molecular complexity index is 867. The average molecular weight is 331 g/mol. The predicted octanol–water partition coefficient (Wildman–Crippen LogP) is 4.09. The molecule has 0 bridgehead atoms. The molecule has 1 aliphatic carbocycles. The highest BCUT2D eigenvalue weighted by Crippen LogP contribution is 2.50. The molecule has 4 rings (SSSR count). The van der Waals surface area contributed by atoms with E-state index in [1.54, 1.807) is 18.0 Å². The molecule has 126 valence electrons. The second-order valence-electron chi connectivity index (χ2n) is 6.90. The Morgan fingerprint density at radius 1 is 1.00 bits per heavy atom. The molecule has 0 saturated carbocycles. The summed E-state index contributed by atoms with van der Waals surface area (Å²) in [5, 5.41) is 10.8. The Balaban J connectivity index is 1.92. The predicted molar refractivity (Wildman–Crippen MR) is 99.1 cm³/mol. The molecule has 25 heavy (non-hydrogen) atoms. The molecule has 0 unspecified atom stereocenters. The maximum atomic E-state index is 12.9. The highest BCUT2D eigenvalue weighted by atomic mass is 16.3. The van der Waals surface area contributed by atoms with Crippen LogP contribution in [0.4, 0.5) is 0 Å². The van der Waals surface area contributed by atoms with E-state index in [2.05, 4.69) is 24.3 Å². The molecule has 0 spiro atoms. The summed E-state index contributed by atoms with van der Waals surface area (Å²) >= 11 is 0. The Labute approximate surface area is 147 Å². The fourth-order valence-electron chi connectivity index (χ4n) is 4.11. The number of hydrogen-bond acceptors (Lipinski definition) is 2. The SMILES string of the molecule is CN1CC[C@@]2(c3ccccc3)CC(c3ccccc3)=CC(O)=C2C1=O. The van der Waals surface area contributed by atoms with Crippen molar-refractivity contribution in [1.82, 2.24) is 4.90 Å². The number of allylic oxidation sites excluding steroid dienone is 2. The van der Waals surface area contributed by atoms with Crippen molar-refractivity contribution in [1.29, 1.82) is 0 Å². The quantitative estimate of drug-likeness (QED) is 0.900. The van der Waals surface area contributed by atoms with Gasteiger partial charge in [-0.15, -0.1) is 0 Å². The standard InChI is InChI=1S/C22H21NO2/c1-23-13-12-22(18-10-6-3-7-11-18)15-17(16-8-4-2-5-9-16)14-19(24)20(22)21(23)25/h2-11,14,24H,12-13,15H2,1H3/t22-/m0/s1. The van der Waals surface area contributed by atoms with E-state index in [0.29, 0.717) is 12.1 Å². The monoisotopic (exact) mass is 331 g/mol. The summed E-state index contributed by atoms with van der Waals surface area (Å²) in [6.45, 7) is 0.687. The van der Waals surface area contributed by atoms with Gasteiger partial charge in [0, 0.05) is 19.0 Å². The number of aliphatic hydroxyl groups is 1. The van der Waals surface area contributed by atoms with E-state index in [1.807, 2.05) is 36.4 Å². The van der Waals surface area contributed by atoms with Crippen molar-refractivity contribution < 1.29 is 9.90 Å². The third-order valence-electron chi connectivity index (χ3n) is 5.44. The van der Waals surface area contributed by atoms with Gasteiger partial charge in [0.2, 0.25) is 0 Å². The molecule has 0 aromatic heterocycles. The number of piperidine rings is 1. The molecule has 1 aliphatic heterocycles. The highest BCUT2D eigenvalue weighted by Gasteiger charge is 2.48. The number of rotatable bonds is 2. The molecule has 2 aliphatic rings. The Hall–Kier alpha value is -2.81. The number of aliphatic hydroxyl groups excluding tert-OH is 1. The Kier molecular flexibility index (Phi) is 3.72. The summed E-state index contributed by atoms with van der Waals surface area (Å²) < 4.78 is 0. The Morgan fingerprint density at radius 3 is 2.32 bits per heavy atom. The molecule has 1 N–H and O–H groups in total. The van der Waals surface area contributed by atoms with Crippen LogP contribution in [0.5, 0.6) is 0 Å². The largest absolute Gasteiger partial charge is 0.507 e. The summed E-state index contributed by atoms with van der Waals surface area (Å²) in [5.74, 6) is 0.0291. The third-order valence-corrected chi connectivity index (χ3v) is 5.44. The molecule has 1 amide bonds. The van der Waals surface area contributed by atoms with Crippen molar-refractivity contribution in [3.05, 3.63) is 89.2 Å². The normalized spacial score (nSPS) is 23.3. The van der Waals surface area contributed by atoms with Crippen LogP contribution in [0.1, 0.15) is 24.0 Å². The lowest BCUT2D eigenvalue weighted by Crippen LogP contribution is -2.48. The van der Waals surface area contributed by atoms with Gasteiger partial charge in [0.15, 0.2) is 0 Å². The van der Waals surface area contributed by atoms with Gasteiger partial charge < -0.3 is 10.0 Å². The van der Waals surface area contributed by atoms with Crippen molar-refractivity contribution in [2.24, 2.45) is 0 Å². The first-order chi connectivity index (χ1) is 12.1. The minimum absolute atomic E-state index is 0.0732. The van der Waals surface area contributed by atoms with E-state index in [0.717, 1.165) is 29.5 Å². The van der Waals surface area contributed by atoms with Crippen LogP contribution in [0, 0.1) is 0 Å². The van der Waals surface area contributed by atoms with Gasteiger partial charge in [-0.3, -0.25) is 4.79 Å². The number of nitrogens with zero attached hydrogens (tertiary/aromatic N) is 1. The van der Waals surface area contributed by atoms with E-state index < -0.39 is 5.41 Å². The molecule has 3 heteroatoms. The molecule has 1 heterocycles. The maximum absolute atomic E-state index is 12.9. The highest BCUT2D eigenvalue weighted by molar-refractivity contribution is 5.99. The van der Waals surface area contributed by atoms with Crippen molar-refractivity contribution >= 4 is 11.5 Å². The number of carbonyl (C=O) groups is 1. The van der Waals surface area contributed by atoms with Crippen LogP contribution in [0.15, 0.2) is 78.1 Å². The van der Waals surface area contributed by atoms with Crippen LogP contribution in [0.3, 0.4) is 0 Å². The molecule has 1 saturated heterocycles.